The standard InChI is InChI=1S/C20H26N2O4S2/c1-3-22(4-2)28(24,25)17-9-7-16(8-10-17)20(23)21-12-11-19(27-15-13-21)18-6-5-14-26-18/h5-10,14,19H,3-4,11-13,15H2,1-2H3. The van der Waals surface area contributed by atoms with E-state index in [1.54, 1.807) is 30.2 Å². The lowest BCUT2D eigenvalue weighted by Crippen LogP contribution is -2.33. The highest BCUT2D eigenvalue weighted by molar-refractivity contribution is 7.99. The Morgan fingerprint density at radius 2 is 1.89 bits per heavy atom. The van der Waals surface area contributed by atoms with Crippen LogP contribution in [-0.2, 0) is 10.0 Å². The first-order valence-electron chi connectivity index (χ1n) is 9.51. The Morgan fingerprint density at radius 3 is 2.50 bits per heavy atom. The maximum Gasteiger partial charge on any atom is 0.253 e. The van der Waals surface area contributed by atoms with Crippen molar-refractivity contribution in [3.8, 4) is 0 Å². The van der Waals surface area contributed by atoms with Gasteiger partial charge in [-0.1, -0.05) is 13.8 Å². The Bertz CT molecular complexity index is 875. The van der Waals surface area contributed by atoms with Gasteiger partial charge >= 0.3 is 0 Å². The van der Waals surface area contributed by atoms with E-state index in [2.05, 4.69) is 0 Å². The third-order valence-electron chi connectivity index (χ3n) is 4.93. The number of rotatable bonds is 6. The van der Waals surface area contributed by atoms with Crippen LogP contribution in [0.15, 0.2) is 52.0 Å². The molecule has 0 N–H and O–H groups in total. The van der Waals surface area contributed by atoms with E-state index >= 15 is 0 Å². The van der Waals surface area contributed by atoms with Crippen LogP contribution in [0.2, 0.25) is 0 Å². The molecule has 0 spiro atoms. The van der Waals surface area contributed by atoms with Crippen LogP contribution in [0.4, 0.5) is 0 Å². The number of sulfonamides is 1. The van der Waals surface area contributed by atoms with Crippen molar-refractivity contribution in [3.05, 3.63) is 54.0 Å². The Hall–Kier alpha value is -1.77. The van der Waals surface area contributed by atoms with Gasteiger partial charge in [0.05, 0.1) is 16.4 Å². The molecule has 0 aliphatic carbocycles. The fourth-order valence-corrected chi connectivity index (χ4v) is 5.98. The fourth-order valence-electron chi connectivity index (χ4n) is 3.34. The molecule has 1 atom stereocenters. The summed E-state index contributed by atoms with van der Waals surface area (Å²) in [6.07, 6.45) is 2.51. The number of benzene rings is 1. The predicted molar refractivity (Wildman–Crippen MR) is 111 cm³/mol. The maximum absolute atomic E-state index is 12.9. The molecule has 1 aromatic carbocycles. The lowest BCUT2D eigenvalue weighted by atomic mass is 10.2. The second-order valence-electron chi connectivity index (χ2n) is 6.57. The molecule has 1 fully saturated rings. The maximum atomic E-state index is 12.9. The molecule has 2 aromatic rings. The topological polar surface area (TPSA) is 70.8 Å². The molecule has 6 nitrogen and oxygen atoms in total. The highest BCUT2D eigenvalue weighted by Gasteiger charge is 2.25. The summed E-state index contributed by atoms with van der Waals surface area (Å²) in [6.45, 7) is 5.78. The molecule has 1 saturated heterocycles. The summed E-state index contributed by atoms with van der Waals surface area (Å²) in [4.78, 5) is 14.9. The molecule has 2 heterocycles. The van der Waals surface area contributed by atoms with Crippen LogP contribution in [0, 0.1) is 0 Å². The smallest absolute Gasteiger partial charge is 0.253 e. The zero-order valence-corrected chi connectivity index (χ0v) is 17.8. The van der Waals surface area contributed by atoms with E-state index in [0.29, 0.717) is 31.7 Å². The van der Waals surface area contributed by atoms with Crippen LogP contribution < -0.4 is 0 Å². The third kappa shape index (κ3) is 4.45. The van der Waals surface area contributed by atoms with E-state index in [9.17, 15) is 13.2 Å². The summed E-state index contributed by atoms with van der Waals surface area (Å²) in [6, 6.07) is 10.1. The molecule has 1 aliphatic heterocycles. The minimum Gasteiger partial charge on any atom is -0.468 e. The van der Waals surface area contributed by atoms with Crippen molar-refractivity contribution in [2.45, 2.75) is 30.4 Å². The highest BCUT2D eigenvalue weighted by Crippen LogP contribution is 2.34. The summed E-state index contributed by atoms with van der Waals surface area (Å²) < 4.78 is 32.1. The minimum atomic E-state index is -3.51. The van der Waals surface area contributed by atoms with Crippen molar-refractivity contribution in [3.63, 3.8) is 0 Å². The van der Waals surface area contributed by atoms with E-state index in [0.717, 1.165) is 17.9 Å². The van der Waals surface area contributed by atoms with E-state index in [1.165, 1.54) is 16.4 Å². The monoisotopic (exact) mass is 422 g/mol. The van der Waals surface area contributed by atoms with Gasteiger partial charge in [0.25, 0.3) is 5.91 Å². The van der Waals surface area contributed by atoms with Crippen molar-refractivity contribution in [2.24, 2.45) is 0 Å². The van der Waals surface area contributed by atoms with Gasteiger partial charge in [-0.05, 0) is 42.8 Å². The lowest BCUT2D eigenvalue weighted by Gasteiger charge is -2.21. The largest absolute Gasteiger partial charge is 0.468 e. The van der Waals surface area contributed by atoms with Crippen LogP contribution in [0.3, 0.4) is 0 Å². The highest BCUT2D eigenvalue weighted by atomic mass is 32.2. The molecule has 0 saturated carbocycles. The zero-order valence-electron chi connectivity index (χ0n) is 16.2. The van der Waals surface area contributed by atoms with Crippen LogP contribution >= 0.6 is 11.8 Å². The van der Waals surface area contributed by atoms with E-state index in [1.807, 2.05) is 30.9 Å². The average molecular weight is 423 g/mol. The summed E-state index contributed by atoms with van der Waals surface area (Å²) in [5.41, 5.74) is 0.514. The van der Waals surface area contributed by atoms with Crippen LogP contribution in [0.25, 0.3) is 0 Å². The molecule has 1 amide bonds. The number of nitrogens with zero attached hydrogens (tertiary/aromatic N) is 2. The summed E-state index contributed by atoms with van der Waals surface area (Å²) in [5, 5.41) is 0.259. The second kappa shape index (κ2) is 9.15. The molecule has 0 bridgehead atoms. The lowest BCUT2D eigenvalue weighted by molar-refractivity contribution is 0.0766. The quantitative estimate of drug-likeness (QED) is 0.711. The second-order valence-corrected chi connectivity index (χ2v) is 9.82. The molecular formula is C20H26N2O4S2. The molecule has 1 unspecified atom stereocenters. The number of carbonyl (C=O) groups is 1. The Labute approximate surface area is 170 Å². The van der Waals surface area contributed by atoms with Gasteiger partial charge in [0, 0.05) is 37.5 Å². The Kier molecular flexibility index (Phi) is 6.85. The first-order chi connectivity index (χ1) is 13.5. The van der Waals surface area contributed by atoms with Gasteiger partial charge in [-0.3, -0.25) is 4.79 Å². The first-order valence-corrected chi connectivity index (χ1v) is 12.0. The first kappa shape index (κ1) is 21.0. The van der Waals surface area contributed by atoms with E-state index < -0.39 is 10.0 Å². The molecule has 3 rings (SSSR count). The molecule has 8 heteroatoms. The van der Waals surface area contributed by atoms with Crippen molar-refractivity contribution < 1.29 is 17.6 Å². The van der Waals surface area contributed by atoms with Crippen molar-refractivity contribution in [2.75, 3.05) is 31.9 Å². The van der Waals surface area contributed by atoms with Crippen molar-refractivity contribution in [1.82, 2.24) is 9.21 Å². The molecule has 0 radical (unpaired) electrons. The number of hydrogen-bond donors (Lipinski definition) is 0. The van der Waals surface area contributed by atoms with Gasteiger partial charge in [-0.2, -0.15) is 4.31 Å². The summed E-state index contributed by atoms with van der Waals surface area (Å²) in [5.74, 6) is 1.73. The van der Waals surface area contributed by atoms with Crippen LogP contribution in [-0.4, -0.2) is 55.5 Å². The minimum absolute atomic E-state index is 0.0625. The number of thioether (sulfide) groups is 1. The normalized spacial score (nSPS) is 18.2. The fraction of sp³-hybridized carbons (Fsp3) is 0.450. The molecular weight excluding hydrogens is 396 g/mol. The van der Waals surface area contributed by atoms with Crippen molar-refractivity contribution >= 4 is 27.7 Å². The number of amides is 1. The number of furan rings is 1. The van der Waals surface area contributed by atoms with E-state index in [4.69, 9.17) is 4.42 Å². The molecule has 1 aliphatic rings. The number of hydrogen-bond acceptors (Lipinski definition) is 5. The average Bonchev–Trinajstić information content (AvgIpc) is 3.13. The van der Waals surface area contributed by atoms with Gasteiger partial charge in [-0.15, -0.1) is 11.8 Å². The Balaban J connectivity index is 1.69. The SMILES string of the molecule is CCN(CC)S(=O)(=O)c1ccc(C(=O)N2CCSC(c3ccco3)CC2)cc1. The summed E-state index contributed by atoms with van der Waals surface area (Å²) in [7, 11) is -3.51. The van der Waals surface area contributed by atoms with Gasteiger partial charge in [-0.25, -0.2) is 8.42 Å². The van der Waals surface area contributed by atoms with Gasteiger partial charge in [0.1, 0.15) is 5.76 Å². The molecule has 1 aromatic heterocycles. The number of carbonyl (C=O) groups excluding carboxylic acids is 1. The third-order valence-corrected chi connectivity index (χ3v) is 8.29. The zero-order chi connectivity index (χ0) is 20.1. The van der Waals surface area contributed by atoms with E-state index in [-0.39, 0.29) is 16.1 Å². The van der Waals surface area contributed by atoms with Gasteiger partial charge < -0.3 is 9.32 Å². The summed E-state index contributed by atoms with van der Waals surface area (Å²) >= 11 is 1.80. The van der Waals surface area contributed by atoms with Gasteiger partial charge in [0.2, 0.25) is 10.0 Å². The Morgan fingerprint density at radius 1 is 1.18 bits per heavy atom. The molecule has 152 valence electrons. The van der Waals surface area contributed by atoms with Crippen LogP contribution in [0.5, 0.6) is 0 Å². The van der Waals surface area contributed by atoms with Crippen LogP contribution in [0.1, 0.15) is 41.6 Å². The van der Waals surface area contributed by atoms with Gasteiger partial charge in [0.15, 0.2) is 0 Å². The van der Waals surface area contributed by atoms with Crippen molar-refractivity contribution in [1.29, 1.82) is 0 Å². The predicted octanol–water partition coefficient (Wildman–Crippen LogP) is 3.63. The molecule has 28 heavy (non-hydrogen) atoms.